The van der Waals surface area contributed by atoms with Gasteiger partial charge in [-0.1, -0.05) is 134 Å². The molecule has 3 nitrogen and oxygen atoms in total. The smallest absolute Gasteiger partial charge is 0.235 e. The van der Waals surface area contributed by atoms with E-state index in [2.05, 4.69) is 13.8 Å². The van der Waals surface area contributed by atoms with Gasteiger partial charge in [0.1, 0.15) is 0 Å². The van der Waals surface area contributed by atoms with Gasteiger partial charge in [0, 0.05) is 16.8 Å². The van der Waals surface area contributed by atoms with Crippen LogP contribution in [-0.4, -0.2) is 11.6 Å². The van der Waals surface area contributed by atoms with Gasteiger partial charge in [0.25, 0.3) is 0 Å². The molecule has 0 aliphatic heterocycles. The third kappa shape index (κ3) is 10.8. The number of unbranched alkanes of at least 4 members (excludes halogenated alkanes) is 15. The molecule has 0 aliphatic carbocycles. The second kappa shape index (κ2) is 17.9. The van der Waals surface area contributed by atoms with E-state index in [1.54, 1.807) is 24.3 Å². The Morgan fingerprint density at radius 1 is 0.622 bits per heavy atom. The first-order valence-corrected chi connectivity index (χ1v) is 15.0. The van der Waals surface area contributed by atoms with Crippen molar-refractivity contribution in [3.05, 3.63) is 64.2 Å². The molecule has 0 atom stereocenters. The fraction of sp³-hybridized carbons (Fsp3) is 0.588. The highest BCUT2D eigenvalue weighted by molar-refractivity contribution is 6.50. The summed E-state index contributed by atoms with van der Waals surface area (Å²) in [6.07, 6.45) is 22.6. The fourth-order valence-corrected chi connectivity index (χ4v) is 5.16. The van der Waals surface area contributed by atoms with Crippen molar-refractivity contribution < 1.29 is 9.59 Å². The van der Waals surface area contributed by atoms with Gasteiger partial charge in [-0.2, -0.15) is 0 Å². The molecule has 3 heteroatoms. The van der Waals surface area contributed by atoms with Crippen LogP contribution >= 0.6 is 0 Å². The van der Waals surface area contributed by atoms with Crippen LogP contribution in [-0.2, 0) is 6.42 Å². The SMILES string of the molecule is CCCCCCCCCCCCCCCCCCc1cc(C(=O)C(=O)c2ccccc2)c(N)c(C)c1C. The minimum absolute atomic E-state index is 0.350. The van der Waals surface area contributed by atoms with Crippen LogP contribution in [0.5, 0.6) is 0 Å². The van der Waals surface area contributed by atoms with Crippen LogP contribution in [0.3, 0.4) is 0 Å². The van der Waals surface area contributed by atoms with E-state index in [9.17, 15) is 9.59 Å². The summed E-state index contributed by atoms with van der Waals surface area (Å²) in [6, 6.07) is 10.6. The topological polar surface area (TPSA) is 60.2 Å². The molecular formula is C34H51NO2. The number of anilines is 1. The van der Waals surface area contributed by atoms with Crippen molar-refractivity contribution in [3.8, 4) is 0 Å². The zero-order chi connectivity index (χ0) is 26.9. The van der Waals surface area contributed by atoms with Gasteiger partial charge < -0.3 is 5.73 Å². The Bertz CT molecular complexity index is 948. The van der Waals surface area contributed by atoms with Crippen LogP contribution in [0.25, 0.3) is 0 Å². The van der Waals surface area contributed by atoms with E-state index in [0.717, 1.165) is 29.5 Å². The molecule has 0 bridgehead atoms. The molecular weight excluding hydrogens is 454 g/mol. The number of ketones is 2. The largest absolute Gasteiger partial charge is 0.398 e. The van der Waals surface area contributed by atoms with Crippen molar-refractivity contribution in [1.29, 1.82) is 0 Å². The van der Waals surface area contributed by atoms with Gasteiger partial charge in [0.15, 0.2) is 0 Å². The summed E-state index contributed by atoms with van der Waals surface area (Å²) in [7, 11) is 0. The fourth-order valence-electron chi connectivity index (χ4n) is 5.16. The molecule has 0 aromatic heterocycles. The highest BCUT2D eigenvalue weighted by Crippen LogP contribution is 2.27. The van der Waals surface area contributed by atoms with Crippen molar-refractivity contribution in [1.82, 2.24) is 0 Å². The van der Waals surface area contributed by atoms with E-state index in [1.165, 1.54) is 96.3 Å². The van der Waals surface area contributed by atoms with Crippen LogP contribution < -0.4 is 5.73 Å². The van der Waals surface area contributed by atoms with Crippen molar-refractivity contribution in [3.63, 3.8) is 0 Å². The number of hydrogen-bond acceptors (Lipinski definition) is 3. The monoisotopic (exact) mass is 505 g/mol. The van der Waals surface area contributed by atoms with E-state index in [0.29, 0.717) is 16.8 Å². The predicted octanol–water partition coefficient (Wildman–Crippen LogP) is 9.76. The number of Topliss-reactive ketones (excluding diaryl/α,β-unsaturated/α-hetero) is 2. The summed E-state index contributed by atoms with van der Waals surface area (Å²) in [5, 5.41) is 0. The summed E-state index contributed by atoms with van der Waals surface area (Å²) in [4.78, 5) is 25.7. The highest BCUT2D eigenvalue weighted by atomic mass is 16.2. The predicted molar refractivity (Wildman–Crippen MR) is 159 cm³/mol. The third-order valence-corrected chi connectivity index (χ3v) is 7.84. The Morgan fingerprint density at radius 3 is 1.57 bits per heavy atom. The van der Waals surface area contributed by atoms with Gasteiger partial charge in [-0.25, -0.2) is 0 Å². The maximum atomic E-state index is 13.0. The van der Waals surface area contributed by atoms with Crippen molar-refractivity contribution in [2.24, 2.45) is 0 Å². The second-order valence-corrected chi connectivity index (χ2v) is 10.8. The molecule has 0 unspecified atom stereocenters. The standard InChI is InChI=1S/C34H51NO2/c1-4-5-6-7-8-9-10-11-12-13-14-15-16-17-18-20-25-30-26-31(32(35)28(3)27(30)2)34(37)33(36)29-23-21-19-22-24-29/h19,21-24,26H,4-18,20,25,35H2,1-3H3. The molecule has 0 heterocycles. The number of hydrogen-bond donors (Lipinski definition) is 1. The molecule has 0 saturated heterocycles. The molecule has 0 aliphatic rings. The Morgan fingerprint density at radius 2 is 1.08 bits per heavy atom. The summed E-state index contributed by atoms with van der Waals surface area (Å²) in [5.74, 6) is -1.01. The molecule has 0 radical (unpaired) electrons. The number of aryl methyl sites for hydroxylation is 1. The van der Waals surface area contributed by atoms with E-state index >= 15 is 0 Å². The first-order valence-electron chi connectivity index (χ1n) is 15.0. The lowest BCUT2D eigenvalue weighted by Crippen LogP contribution is -2.18. The van der Waals surface area contributed by atoms with Crippen molar-refractivity contribution in [2.75, 3.05) is 5.73 Å². The first kappa shape index (κ1) is 30.8. The third-order valence-electron chi connectivity index (χ3n) is 7.84. The summed E-state index contributed by atoms with van der Waals surface area (Å²) >= 11 is 0. The number of rotatable bonds is 20. The summed E-state index contributed by atoms with van der Waals surface area (Å²) < 4.78 is 0. The lowest BCUT2D eigenvalue weighted by atomic mass is 9.90. The van der Waals surface area contributed by atoms with Crippen LogP contribution in [0.1, 0.15) is 147 Å². The molecule has 204 valence electrons. The van der Waals surface area contributed by atoms with Gasteiger partial charge in [-0.15, -0.1) is 0 Å². The van der Waals surface area contributed by atoms with Crippen LogP contribution in [0.4, 0.5) is 5.69 Å². The molecule has 2 aromatic rings. The average Bonchev–Trinajstić information content (AvgIpc) is 2.92. The highest BCUT2D eigenvalue weighted by Gasteiger charge is 2.23. The maximum absolute atomic E-state index is 13.0. The number of benzene rings is 2. The van der Waals surface area contributed by atoms with Crippen LogP contribution in [0, 0.1) is 13.8 Å². The van der Waals surface area contributed by atoms with Gasteiger partial charge in [-0.05, 0) is 49.4 Å². The molecule has 2 N–H and O–H groups in total. The molecule has 0 fully saturated rings. The molecule has 0 spiro atoms. The van der Waals surface area contributed by atoms with Crippen molar-refractivity contribution >= 4 is 17.3 Å². The van der Waals surface area contributed by atoms with Gasteiger partial charge in [0.2, 0.25) is 11.6 Å². The van der Waals surface area contributed by atoms with Gasteiger partial charge >= 0.3 is 0 Å². The Balaban J connectivity index is 1.65. The van der Waals surface area contributed by atoms with Crippen LogP contribution in [0.2, 0.25) is 0 Å². The lowest BCUT2D eigenvalue weighted by molar-refractivity contribution is 0.0817. The van der Waals surface area contributed by atoms with Gasteiger partial charge in [0.05, 0.1) is 0 Å². The first-order chi connectivity index (χ1) is 18.0. The molecule has 2 rings (SSSR count). The quantitative estimate of drug-likeness (QED) is 0.0843. The minimum atomic E-state index is -0.514. The van der Waals surface area contributed by atoms with E-state index in [4.69, 9.17) is 5.73 Å². The zero-order valence-electron chi connectivity index (χ0n) is 23.9. The number of nitrogens with two attached hydrogens (primary N) is 1. The van der Waals surface area contributed by atoms with E-state index < -0.39 is 11.6 Å². The normalized spacial score (nSPS) is 11.1. The molecule has 37 heavy (non-hydrogen) atoms. The zero-order valence-corrected chi connectivity index (χ0v) is 23.9. The number of nitrogen functional groups attached to an aromatic ring is 1. The summed E-state index contributed by atoms with van der Waals surface area (Å²) in [5.41, 5.74) is 10.7. The van der Waals surface area contributed by atoms with Crippen LogP contribution in [0.15, 0.2) is 36.4 Å². The summed E-state index contributed by atoms with van der Waals surface area (Å²) in [6.45, 7) is 6.30. The lowest BCUT2D eigenvalue weighted by Gasteiger charge is -2.15. The van der Waals surface area contributed by atoms with E-state index in [-0.39, 0.29) is 0 Å². The number of carbonyl (C=O) groups excluding carboxylic acids is 2. The molecule has 0 saturated carbocycles. The van der Waals surface area contributed by atoms with Gasteiger partial charge in [-0.3, -0.25) is 9.59 Å². The Hall–Kier alpha value is -2.42. The molecule has 2 aromatic carbocycles. The second-order valence-electron chi connectivity index (χ2n) is 10.8. The number of carbonyl (C=O) groups is 2. The average molecular weight is 506 g/mol. The Kier molecular flexibility index (Phi) is 14.9. The Labute approximate surface area is 226 Å². The van der Waals surface area contributed by atoms with E-state index in [1.807, 2.05) is 19.1 Å². The van der Waals surface area contributed by atoms with Crippen molar-refractivity contribution in [2.45, 2.75) is 130 Å². The molecule has 0 amide bonds. The minimum Gasteiger partial charge on any atom is -0.398 e. The maximum Gasteiger partial charge on any atom is 0.235 e.